The summed E-state index contributed by atoms with van der Waals surface area (Å²) in [6.07, 6.45) is 2.37. The fourth-order valence-corrected chi connectivity index (χ4v) is 1.40. The fourth-order valence-electron chi connectivity index (χ4n) is 1.40. The summed E-state index contributed by atoms with van der Waals surface area (Å²) in [5, 5.41) is 0. The van der Waals surface area contributed by atoms with E-state index in [1.54, 1.807) is 0 Å². The molecule has 0 rings (SSSR count). The molecule has 0 aromatic carbocycles. The van der Waals surface area contributed by atoms with Crippen LogP contribution in [0.25, 0.3) is 0 Å². The van der Waals surface area contributed by atoms with Crippen LogP contribution < -0.4 is 5.73 Å². The highest BCUT2D eigenvalue weighted by molar-refractivity contribution is 4.68. The Morgan fingerprint density at radius 1 is 1.15 bits per heavy atom. The van der Waals surface area contributed by atoms with Gasteiger partial charge >= 0.3 is 0 Å². The van der Waals surface area contributed by atoms with Crippen LogP contribution in [0.3, 0.4) is 0 Å². The van der Waals surface area contributed by atoms with Crippen molar-refractivity contribution in [2.75, 3.05) is 13.6 Å². The van der Waals surface area contributed by atoms with E-state index in [0.29, 0.717) is 12.1 Å². The van der Waals surface area contributed by atoms with Gasteiger partial charge in [0.05, 0.1) is 0 Å². The van der Waals surface area contributed by atoms with Gasteiger partial charge < -0.3 is 10.6 Å². The van der Waals surface area contributed by atoms with Gasteiger partial charge in [0.1, 0.15) is 0 Å². The molecule has 2 heteroatoms. The van der Waals surface area contributed by atoms with Gasteiger partial charge in [-0.2, -0.15) is 0 Å². The molecular formula is C11H26N2. The third-order valence-corrected chi connectivity index (χ3v) is 2.52. The van der Waals surface area contributed by atoms with Gasteiger partial charge in [-0.15, -0.1) is 0 Å². The van der Waals surface area contributed by atoms with E-state index in [0.717, 1.165) is 12.3 Å². The summed E-state index contributed by atoms with van der Waals surface area (Å²) in [6, 6.07) is 0.926. The molecular weight excluding hydrogens is 160 g/mol. The van der Waals surface area contributed by atoms with E-state index in [1.807, 2.05) is 0 Å². The first kappa shape index (κ1) is 12.9. The average Bonchev–Trinajstić information content (AvgIpc) is 1.98. The molecule has 0 spiro atoms. The molecule has 2 N–H and O–H groups in total. The van der Waals surface area contributed by atoms with Gasteiger partial charge in [0, 0.05) is 12.1 Å². The van der Waals surface area contributed by atoms with Crippen molar-refractivity contribution in [2.45, 2.75) is 52.6 Å². The van der Waals surface area contributed by atoms with E-state index >= 15 is 0 Å². The van der Waals surface area contributed by atoms with E-state index in [9.17, 15) is 0 Å². The lowest BCUT2D eigenvalue weighted by atomic mass is 10.1. The van der Waals surface area contributed by atoms with Crippen molar-refractivity contribution < 1.29 is 0 Å². The van der Waals surface area contributed by atoms with Crippen LogP contribution >= 0.6 is 0 Å². The van der Waals surface area contributed by atoms with Crippen molar-refractivity contribution >= 4 is 0 Å². The van der Waals surface area contributed by atoms with E-state index < -0.39 is 0 Å². The van der Waals surface area contributed by atoms with Crippen molar-refractivity contribution in [3.8, 4) is 0 Å². The Hall–Kier alpha value is -0.0800. The summed E-state index contributed by atoms with van der Waals surface area (Å²) in [7, 11) is 2.19. The van der Waals surface area contributed by atoms with Crippen LogP contribution in [-0.2, 0) is 0 Å². The molecule has 0 fully saturated rings. The van der Waals surface area contributed by atoms with Crippen LogP contribution in [0.15, 0.2) is 0 Å². The lowest BCUT2D eigenvalue weighted by molar-refractivity contribution is 0.226. The zero-order valence-electron chi connectivity index (χ0n) is 9.88. The summed E-state index contributed by atoms with van der Waals surface area (Å²) in [6.45, 7) is 10.1. The third kappa shape index (κ3) is 7.03. The molecule has 13 heavy (non-hydrogen) atoms. The van der Waals surface area contributed by atoms with Gasteiger partial charge in [-0.05, 0) is 46.2 Å². The largest absolute Gasteiger partial charge is 0.328 e. The van der Waals surface area contributed by atoms with Crippen LogP contribution in [0.2, 0.25) is 0 Å². The van der Waals surface area contributed by atoms with Crippen LogP contribution in [0.4, 0.5) is 0 Å². The van der Waals surface area contributed by atoms with Crippen LogP contribution in [0, 0.1) is 5.92 Å². The van der Waals surface area contributed by atoms with Crippen molar-refractivity contribution in [1.29, 1.82) is 0 Å². The highest BCUT2D eigenvalue weighted by atomic mass is 15.1. The summed E-state index contributed by atoms with van der Waals surface area (Å²) >= 11 is 0. The number of hydrogen-bond acceptors (Lipinski definition) is 2. The van der Waals surface area contributed by atoms with E-state index in [-0.39, 0.29) is 0 Å². The average molecular weight is 186 g/mol. The first-order chi connectivity index (χ1) is 5.93. The molecule has 0 saturated carbocycles. The predicted octanol–water partition coefficient (Wildman–Crippen LogP) is 2.09. The molecule has 2 nitrogen and oxygen atoms in total. The molecule has 0 aromatic heterocycles. The third-order valence-electron chi connectivity index (χ3n) is 2.52. The Morgan fingerprint density at radius 2 is 1.69 bits per heavy atom. The van der Waals surface area contributed by atoms with Gasteiger partial charge in [-0.1, -0.05) is 13.8 Å². The van der Waals surface area contributed by atoms with Crippen LogP contribution in [0.5, 0.6) is 0 Å². The SMILES string of the molecule is CC(C)CCN(C)C(C)CC(C)N. The molecule has 0 bridgehead atoms. The zero-order chi connectivity index (χ0) is 10.4. The summed E-state index contributed by atoms with van der Waals surface area (Å²) in [4.78, 5) is 2.41. The molecule has 0 radical (unpaired) electrons. The van der Waals surface area contributed by atoms with Gasteiger partial charge in [-0.3, -0.25) is 0 Å². The van der Waals surface area contributed by atoms with Gasteiger partial charge in [-0.25, -0.2) is 0 Å². The molecule has 80 valence electrons. The second kappa shape index (κ2) is 6.39. The van der Waals surface area contributed by atoms with E-state index in [2.05, 4.69) is 39.6 Å². The van der Waals surface area contributed by atoms with Gasteiger partial charge in [0.2, 0.25) is 0 Å². The minimum Gasteiger partial charge on any atom is -0.328 e. The van der Waals surface area contributed by atoms with Gasteiger partial charge in [0.15, 0.2) is 0 Å². The molecule has 2 atom stereocenters. The van der Waals surface area contributed by atoms with Crippen LogP contribution in [0.1, 0.15) is 40.5 Å². The first-order valence-electron chi connectivity index (χ1n) is 5.39. The highest BCUT2D eigenvalue weighted by Gasteiger charge is 2.10. The summed E-state index contributed by atoms with van der Waals surface area (Å²) < 4.78 is 0. The molecule has 0 aliphatic rings. The molecule has 0 heterocycles. The summed E-state index contributed by atoms with van der Waals surface area (Å²) in [5.74, 6) is 0.796. The van der Waals surface area contributed by atoms with E-state index in [4.69, 9.17) is 5.73 Å². The Bertz CT molecular complexity index is 121. The minimum absolute atomic E-state index is 0.316. The zero-order valence-corrected chi connectivity index (χ0v) is 9.88. The second-order valence-electron chi connectivity index (χ2n) is 4.73. The molecule has 0 aromatic rings. The maximum Gasteiger partial charge on any atom is 0.00785 e. The minimum atomic E-state index is 0.316. The lowest BCUT2D eigenvalue weighted by Gasteiger charge is -2.26. The summed E-state index contributed by atoms with van der Waals surface area (Å²) in [5.41, 5.74) is 5.76. The monoisotopic (exact) mass is 186 g/mol. The molecule has 0 aliphatic carbocycles. The van der Waals surface area contributed by atoms with Crippen molar-refractivity contribution in [3.05, 3.63) is 0 Å². The predicted molar refractivity (Wildman–Crippen MR) is 59.8 cm³/mol. The topological polar surface area (TPSA) is 29.3 Å². The quantitative estimate of drug-likeness (QED) is 0.688. The van der Waals surface area contributed by atoms with E-state index in [1.165, 1.54) is 13.0 Å². The number of hydrogen-bond donors (Lipinski definition) is 1. The Morgan fingerprint density at radius 3 is 2.08 bits per heavy atom. The van der Waals surface area contributed by atoms with Gasteiger partial charge in [0.25, 0.3) is 0 Å². The molecule has 0 amide bonds. The maximum absolute atomic E-state index is 5.76. The lowest BCUT2D eigenvalue weighted by Crippen LogP contribution is -2.35. The Labute approximate surface area is 83.5 Å². The Kier molecular flexibility index (Phi) is 6.35. The number of nitrogens with zero attached hydrogens (tertiary/aromatic N) is 1. The smallest absolute Gasteiger partial charge is 0.00785 e. The van der Waals surface area contributed by atoms with Crippen molar-refractivity contribution in [1.82, 2.24) is 4.90 Å². The fraction of sp³-hybridized carbons (Fsp3) is 1.00. The second-order valence-corrected chi connectivity index (χ2v) is 4.73. The highest BCUT2D eigenvalue weighted by Crippen LogP contribution is 2.07. The number of nitrogens with two attached hydrogens (primary N) is 1. The first-order valence-corrected chi connectivity index (χ1v) is 5.39. The Balaban J connectivity index is 3.62. The van der Waals surface area contributed by atoms with Crippen molar-refractivity contribution in [3.63, 3.8) is 0 Å². The van der Waals surface area contributed by atoms with Crippen LogP contribution in [-0.4, -0.2) is 30.6 Å². The normalized spacial score (nSPS) is 16.6. The molecule has 2 unspecified atom stereocenters. The maximum atomic E-state index is 5.76. The molecule has 0 saturated heterocycles. The van der Waals surface area contributed by atoms with Crippen molar-refractivity contribution in [2.24, 2.45) is 11.7 Å². The number of rotatable bonds is 6. The molecule has 0 aliphatic heterocycles. The standard InChI is InChI=1S/C11H26N2/c1-9(2)6-7-13(5)11(4)8-10(3)12/h9-11H,6-8,12H2,1-5H3.